The van der Waals surface area contributed by atoms with Gasteiger partial charge < -0.3 is 0 Å². The van der Waals surface area contributed by atoms with Gasteiger partial charge in [-0.15, -0.1) is 0 Å². The Labute approximate surface area is 153 Å². The molecule has 2 aliphatic rings. The number of hydrogen-bond acceptors (Lipinski definition) is 0. The van der Waals surface area contributed by atoms with E-state index in [1.54, 1.807) is 0 Å². The molecule has 0 bridgehead atoms. The van der Waals surface area contributed by atoms with Gasteiger partial charge in [0.1, 0.15) is 0 Å². The van der Waals surface area contributed by atoms with Crippen LogP contribution in [0, 0.1) is 0 Å². The number of hydrogen-bond donors (Lipinski definition) is 0. The molecule has 2 saturated carbocycles. The van der Waals surface area contributed by atoms with Crippen molar-refractivity contribution < 1.29 is 0 Å². The van der Waals surface area contributed by atoms with Gasteiger partial charge in [-0.2, -0.15) is 0 Å². The minimum Gasteiger partial charge on any atom is -0.0985 e. The SMILES string of the molecule is C=Cc1cc(C=C)c(C2CC2(Br)Br)cc1C1CC1(Br)Br. The molecule has 0 radical (unpaired) electrons. The van der Waals surface area contributed by atoms with Crippen LogP contribution in [0.4, 0.5) is 0 Å². The molecule has 0 N–H and O–H groups in total. The van der Waals surface area contributed by atoms with E-state index in [1.807, 2.05) is 12.2 Å². The van der Waals surface area contributed by atoms with Gasteiger partial charge in [0.25, 0.3) is 0 Å². The summed E-state index contributed by atoms with van der Waals surface area (Å²) < 4.78 is 0.127. The summed E-state index contributed by atoms with van der Waals surface area (Å²) in [7, 11) is 0. The molecule has 0 heterocycles. The third-order valence-corrected chi connectivity index (χ3v) is 7.64. The van der Waals surface area contributed by atoms with E-state index in [4.69, 9.17) is 0 Å². The molecule has 2 aliphatic carbocycles. The molecule has 2 unspecified atom stereocenters. The summed E-state index contributed by atoms with van der Waals surface area (Å²) >= 11 is 14.9. The summed E-state index contributed by atoms with van der Waals surface area (Å²) in [4.78, 5) is 0. The molecule has 1 aromatic rings. The van der Waals surface area contributed by atoms with Gasteiger partial charge in [-0.05, 0) is 41.2 Å². The second-order valence-electron chi connectivity index (χ2n) is 5.55. The van der Waals surface area contributed by atoms with E-state index in [9.17, 15) is 0 Å². The van der Waals surface area contributed by atoms with Gasteiger partial charge in [0.05, 0.1) is 6.47 Å². The molecule has 2 atom stereocenters. The van der Waals surface area contributed by atoms with Crippen molar-refractivity contribution in [3.63, 3.8) is 0 Å². The highest BCUT2D eigenvalue weighted by Crippen LogP contribution is 2.65. The second kappa shape index (κ2) is 5.07. The van der Waals surface area contributed by atoms with Crippen LogP contribution in [0.25, 0.3) is 12.2 Å². The minimum absolute atomic E-state index is 0.0637. The molecule has 106 valence electrons. The van der Waals surface area contributed by atoms with Gasteiger partial charge in [0.2, 0.25) is 0 Å². The minimum atomic E-state index is 0.0637. The lowest BCUT2D eigenvalue weighted by atomic mass is 9.93. The molecule has 20 heavy (non-hydrogen) atoms. The Kier molecular flexibility index (Phi) is 3.93. The van der Waals surface area contributed by atoms with Crippen LogP contribution in [0.1, 0.15) is 46.9 Å². The average molecular weight is 526 g/mol. The maximum atomic E-state index is 3.96. The van der Waals surface area contributed by atoms with Gasteiger partial charge in [-0.3, -0.25) is 0 Å². The molecule has 0 spiro atoms. The maximum Gasteiger partial charge on any atom is 0.0881 e. The van der Waals surface area contributed by atoms with E-state index in [2.05, 4.69) is 89.0 Å². The largest absolute Gasteiger partial charge is 0.0985 e. The quantitative estimate of drug-likeness (QED) is 0.374. The Morgan fingerprint density at radius 1 is 0.850 bits per heavy atom. The highest BCUT2D eigenvalue weighted by molar-refractivity contribution is 9.26. The monoisotopic (exact) mass is 522 g/mol. The van der Waals surface area contributed by atoms with E-state index in [-0.39, 0.29) is 6.47 Å². The van der Waals surface area contributed by atoms with Crippen molar-refractivity contribution in [1.29, 1.82) is 0 Å². The van der Waals surface area contributed by atoms with Gasteiger partial charge >= 0.3 is 0 Å². The Balaban J connectivity index is 2.08. The molecular formula is C16H14Br4. The molecule has 1 aromatic carbocycles. The lowest BCUT2D eigenvalue weighted by molar-refractivity contribution is 1.06. The molecule has 0 aliphatic heterocycles. The van der Waals surface area contributed by atoms with E-state index < -0.39 is 0 Å². The highest BCUT2D eigenvalue weighted by atomic mass is 79.9. The van der Waals surface area contributed by atoms with Crippen molar-refractivity contribution in [3.05, 3.63) is 47.5 Å². The Hall–Kier alpha value is 0.620. The lowest BCUT2D eigenvalue weighted by Gasteiger charge is -2.14. The van der Waals surface area contributed by atoms with Crippen LogP contribution in [0.5, 0.6) is 0 Å². The van der Waals surface area contributed by atoms with E-state index in [1.165, 1.54) is 22.3 Å². The number of alkyl halides is 4. The predicted molar refractivity (Wildman–Crippen MR) is 103 cm³/mol. The van der Waals surface area contributed by atoms with Crippen molar-refractivity contribution in [2.45, 2.75) is 31.1 Å². The summed E-state index contributed by atoms with van der Waals surface area (Å²) in [5.41, 5.74) is 5.17. The van der Waals surface area contributed by atoms with Crippen LogP contribution in [0.15, 0.2) is 25.3 Å². The molecule has 4 heteroatoms. The summed E-state index contributed by atoms with van der Waals surface area (Å²) in [6, 6.07) is 4.56. The summed E-state index contributed by atoms with van der Waals surface area (Å²) in [6.07, 6.45) is 6.12. The molecule has 0 amide bonds. The fourth-order valence-electron chi connectivity index (χ4n) is 2.73. The zero-order valence-corrected chi connectivity index (χ0v) is 17.1. The Bertz CT molecular complexity index is 551. The third-order valence-electron chi connectivity index (χ3n) is 4.13. The normalized spacial score (nSPS) is 28.8. The van der Waals surface area contributed by atoms with Crippen LogP contribution >= 0.6 is 63.7 Å². The smallest absolute Gasteiger partial charge is 0.0881 e. The fourth-order valence-corrected chi connectivity index (χ4v) is 5.01. The van der Waals surface area contributed by atoms with E-state index in [0.717, 1.165) is 12.8 Å². The van der Waals surface area contributed by atoms with Crippen LogP contribution in [-0.4, -0.2) is 6.47 Å². The lowest BCUT2D eigenvalue weighted by Crippen LogP contribution is -1.99. The Morgan fingerprint density at radius 2 is 1.20 bits per heavy atom. The van der Waals surface area contributed by atoms with Crippen molar-refractivity contribution in [3.8, 4) is 0 Å². The van der Waals surface area contributed by atoms with Gasteiger partial charge in [0.15, 0.2) is 0 Å². The third kappa shape index (κ3) is 2.66. The number of benzene rings is 1. The van der Waals surface area contributed by atoms with Crippen LogP contribution < -0.4 is 0 Å². The van der Waals surface area contributed by atoms with E-state index in [0.29, 0.717) is 11.8 Å². The highest BCUT2D eigenvalue weighted by Gasteiger charge is 2.54. The fraction of sp³-hybridized carbons (Fsp3) is 0.375. The van der Waals surface area contributed by atoms with Gasteiger partial charge in [-0.1, -0.05) is 95.1 Å². The standard InChI is InChI=1S/C16H14Br4/c1-3-9-5-10(4-2)12(14-8-16(14,19)20)6-11(9)13-7-15(13,17)18/h3-6,13-14H,1-2,7-8H2. The predicted octanol–water partition coefficient (Wildman–Crippen LogP) is 6.92. The summed E-state index contributed by atoms with van der Waals surface area (Å²) in [5, 5.41) is 0. The topological polar surface area (TPSA) is 0 Å². The zero-order chi connectivity index (χ0) is 14.7. The van der Waals surface area contributed by atoms with Crippen LogP contribution in [0.3, 0.4) is 0 Å². The first-order valence-corrected chi connectivity index (χ1v) is 9.65. The van der Waals surface area contributed by atoms with Crippen molar-refractivity contribution in [1.82, 2.24) is 0 Å². The molecular weight excluding hydrogens is 512 g/mol. The van der Waals surface area contributed by atoms with Gasteiger partial charge in [0, 0.05) is 11.8 Å². The van der Waals surface area contributed by atoms with Crippen molar-refractivity contribution in [2.24, 2.45) is 0 Å². The first kappa shape index (κ1) is 15.5. The van der Waals surface area contributed by atoms with Crippen molar-refractivity contribution in [2.75, 3.05) is 0 Å². The van der Waals surface area contributed by atoms with Crippen LogP contribution in [0.2, 0.25) is 0 Å². The summed E-state index contributed by atoms with van der Waals surface area (Å²) in [6.45, 7) is 7.92. The molecule has 2 fully saturated rings. The Morgan fingerprint density at radius 3 is 1.45 bits per heavy atom. The summed E-state index contributed by atoms with van der Waals surface area (Å²) in [5.74, 6) is 1.01. The molecule has 3 rings (SSSR count). The molecule has 0 aromatic heterocycles. The van der Waals surface area contributed by atoms with Crippen molar-refractivity contribution >= 4 is 75.9 Å². The number of halogens is 4. The van der Waals surface area contributed by atoms with Gasteiger partial charge in [-0.25, -0.2) is 0 Å². The first-order chi connectivity index (χ1) is 9.30. The zero-order valence-electron chi connectivity index (χ0n) is 10.8. The molecule has 0 nitrogen and oxygen atoms in total. The maximum absolute atomic E-state index is 3.96. The first-order valence-electron chi connectivity index (χ1n) is 6.48. The van der Waals surface area contributed by atoms with Crippen LogP contribution in [-0.2, 0) is 0 Å². The van der Waals surface area contributed by atoms with E-state index >= 15 is 0 Å². The number of rotatable bonds is 4. The molecule has 0 saturated heterocycles. The second-order valence-corrected chi connectivity index (χ2v) is 13.3. The average Bonchev–Trinajstić information content (AvgIpc) is 3.23.